The molecule has 1 saturated heterocycles. The molecular weight excluding hydrogens is 256 g/mol. The third-order valence-corrected chi connectivity index (χ3v) is 4.98. The van der Waals surface area contributed by atoms with Crippen LogP contribution in [0.4, 0.5) is 0 Å². The fraction of sp³-hybridized carbons (Fsp3) is 0.684. The summed E-state index contributed by atoms with van der Waals surface area (Å²) < 4.78 is 0. The van der Waals surface area contributed by atoms with Gasteiger partial charge in [0.25, 0.3) is 0 Å². The van der Waals surface area contributed by atoms with E-state index < -0.39 is 0 Å². The van der Waals surface area contributed by atoms with Crippen molar-refractivity contribution >= 4 is 0 Å². The van der Waals surface area contributed by atoms with Crippen molar-refractivity contribution < 1.29 is 0 Å². The van der Waals surface area contributed by atoms with E-state index in [9.17, 15) is 0 Å². The topological polar surface area (TPSA) is 15.3 Å². The van der Waals surface area contributed by atoms with Crippen molar-refractivity contribution in [1.29, 1.82) is 0 Å². The average Bonchev–Trinajstić information content (AvgIpc) is 2.40. The van der Waals surface area contributed by atoms with Crippen molar-refractivity contribution in [2.24, 2.45) is 5.92 Å². The number of piperidine rings is 1. The van der Waals surface area contributed by atoms with Gasteiger partial charge in [-0.2, -0.15) is 0 Å². The van der Waals surface area contributed by atoms with Gasteiger partial charge in [-0.1, -0.05) is 36.2 Å². The van der Waals surface area contributed by atoms with Gasteiger partial charge >= 0.3 is 0 Å². The Balaban J connectivity index is 1.96. The summed E-state index contributed by atoms with van der Waals surface area (Å²) in [5, 5.41) is 3.51. The first-order valence-corrected chi connectivity index (χ1v) is 8.49. The van der Waals surface area contributed by atoms with Gasteiger partial charge in [0, 0.05) is 18.6 Å². The number of aryl methyl sites for hydroxylation is 2. The standard InChI is InChI=1S/C19H32N2/c1-14-6-8-21(17(4)11-14)9-7-19(20-5)18-12-15(2)10-16(3)13-18/h10,12-14,17,19-20H,6-9,11H2,1-5H3. The second-order valence-electron chi connectivity index (χ2n) is 7.07. The maximum Gasteiger partial charge on any atom is 0.0329 e. The molecule has 0 spiro atoms. The molecule has 0 aromatic heterocycles. The molecule has 1 aromatic carbocycles. The van der Waals surface area contributed by atoms with Crippen LogP contribution >= 0.6 is 0 Å². The second kappa shape index (κ2) is 7.42. The molecule has 1 aliphatic heterocycles. The van der Waals surface area contributed by atoms with Crippen LogP contribution in [0.3, 0.4) is 0 Å². The number of hydrogen-bond donors (Lipinski definition) is 1. The molecule has 2 nitrogen and oxygen atoms in total. The molecule has 0 aliphatic carbocycles. The lowest BCUT2D eigenvalue weighted by molar-refractivity contribution is 0.124. The predicted molar refractivity (Wildman–Crippen MR) is 91.8 cm³/mol. The minimum Gasteiger partial charge on any atom is -0.313 e. The van der Waals surface area contributed by atoms with Gasteiger partial charge in [-0.05, 0) is 65.1 Å². The van der Waals surface area contributed by atoms with Crippen molar-refractivity contribution in [3.8, 4) is 0 Å². The molecule has 1 fully saturated rings. The van der Waals surface area contributed by atoms with Crippen molar-refractivity contribution in [1.82, 2.24) is 10.2 Å². The molecule has 1 aliphatic rings. The number of likely N-dealkylation sites (tertiary alicyclic amines) is 1. The summed E-state index contributed by atoms with van der Waals surface area (Å²) in [6.07, 6.45) is 3.91. The monoisotopic (exact) mass is 288 g/mol. The zero-order chi connectivity index (χ0) is 15.4. The Morgan fingerprint density at radius 3 is 2.43 bits per heavy atom. The Hall–Kier alpha value is -0.860. The zero-order valence-corrected chi connectivity index (χ0v) is 14.4. The predicted octanol–water partition coefficient (Wildman–Crippen LogP) is 4.07. The molecule has 0 amide bonds. The van der Waals surface area contributed by atoms with Gasteiger partial charge in [-0.3, -0.25) is 0 Å². The number of rotatable bonds is 5. The molecule has 1 N–H and O–H groups in total. The first kappa shape index (κ1) is 16.5. The third-order valence-electron chi connectivity index (χ3n) is 4.98. The maximum absolute atomic E-state index is 3.51. The zero-order valence-electron chi connectivity index (χ0n) is 14.4. The van der Waals surface area contributed by atoms with E-state index in [1.54, 1.807) is 0 Å². The van der Waals surface area contributed by atoms with Crippen LogP contribution in [-0.2, 0) is 0 Å². The summed E-state index contributed by atoms with van der Waals surface area (Å²) in [6, 6.07) is 8.12. The molecule has 1 heterocycles. The fourth-order valence-corrected chi connectivity index (χ4v) is 3.77. The molecule has 0 radical (unpaired) electrons. The normalized spacial score (nSPS) is 25.0. The minimum absolute atomic E-state index is 0.468. The van der Waals surface area contributed by atoms with Gasteiger partial charge in [-0.15, -0.1) is 0 Å². The van der Waals surface area contributed by atoms with E-state index in [1.165, 1.54) is 49.0 Å². The first-order valence-electron chi connectivity index (χ1n) is 8.49. The SMILES string of the molecule is CNC(CCN1CCC(C)CC1C)c1cc(C)cc(C)c1. The molecule has 1 aromatic rings. The summed E-state index contributed by atoms with van der Waals surface area (Å²) >= 11 is 0. The lowest BCUT2D eigenvalue weighted by Crippen LogP contribution is -2.41. The lowest BCUT2D eigenvalue weighted by atomic mass is 9.92. The largest absolute Gasteiger partial charge is 0.313 e. The summed E-state index contributed by atoms with van der Waals surface area (Å²) in [4.78, 5) is 2.67. The Morgan fingerprint density at radius 1 is 1.19 bits per heavy atom. The molecular formula is C19H32N2. The Kier molecular flexibility index (Phi) is 5.83. The summed E-state index contributed by atoms with van der Waals surface area (Å²) in [5.41, 5.74) is 4.17. The van der Waals surface area contributed by atoms with Crippen LogP contribution in [0.1, 0.15) is 55.8 Å². The van der Waals surface area contributed by atoms with E-state index in [2.05, 4.69) is 63.2 Å². The van der Waals surface area contributed by atoms with Gasteiger partial charge in [0.1, 0.15) is 0 Å². The number of hydrogen-bond acceptors (Lipinski definition) is 2. The highest BCUT2D eigenvalue weighted by molar-refractivity contribution is 5.30. The Bertz CT molecular complexity index is 435. The van der Waals surface area contributed by atoms with E-state index in [0.29, 0.717) is 6.04 Å². The minimum atomic E-state index is 0.468. The summed E-state index contributed by atoms with van der Waals surface area (Å²) in [6.45, 7) is 11.6. The van der Waals surface area contributed by atoms with E-state index >= 15 is 0 Å². The van der Waals surface area contributed by atoms with Crippen LogP contribution in [0.5, 0.6) is 0 Å². The van der Waals surface area contributed by atoms with E-state index in [1.807, 2.05) is 0 Å². The molecule has 3 unspecified atom stereocenters. The molecule has 21 heavy (non-hydrogen) atoms. The third kappa shape index (κ3) is 4.55. The molecule has 3 atom stereocenters. The number of nitrogens with one attached hydrogen (secondary N) is 1. The molecule has 2 heteroatoms. The van der Waals surface area contributed by atoms with Gasteiger partial charge in [0.05, 0.1) is 0 Å². The fourth-order valence-electron chi connectivity index (χ4n) is 3.77. The van der Waals surface area contributed by atoms with Crippen LogP contribution in [0.25, 0.3) is 0 Å². The van der Waals surface area contributed by atoms with Gasteiger partial charge < -0.3 is 10.2 Å². The molecule has 0 bridgehead atoms. The highest BCUT2D eigenvalue weighted by Crippen LogP contribution is 2.25. The van der Waals surface area contributed by atoms with Crippen molar-refractivity contribution in [3.05, 3.63) is 34.9 Å². The van der Waals surface area contributed by atoms with E-state index in [0.717, 1.165) is 12.0 Å². The van der Waals surface area contributed by atoms with Crippen molar-refractivity contribution in [2.75, 3.05) is 20.1 Å². The Labute approximate surface area is 130 Å². The Morgan fingerprint density at radius 2 is 1.86 bits per heavy atom. The molecule has 0 saturated carbocycles. The van der Waals surface area contributed by atoms with Crippen molar-refractivity contribution in [2.45, 2.75) is 59.0 Å². The molecule has 2 rings (SSSR count). The first-order chi connectivity index (χ1) is 9.99. The summed E-state index contributed by atoms with van der Waals surface area (Å²) in [5.74, 6) is 0.899. The second-order valence-corrected chi connectivity index (χ2v) is 7.07. The van der Waals surface area contributed by atoms with Crippen LogP contribution in [-0.4, -0.2) is 31.1 Å². The van der Waals surface area contributed by atoms with Gasteiger partial charge in [0.15, 0.2) is 0 Å². The van der Waals surface area contributed by atoms with Crippen LogP contribution in [0, 0.1) is 19.8 Å². The van der Waals surface area contributed by atoms with Crippen molar-refractivity contribution in [3.63, 3.8) is 0 Å². The maximum atomic E-state index is 3.51. The highest BCUT2D eigenvalue weighted by atomic mass is 15.2. The molecule has 118 valence electrons. The lowest BCUT2D eigenvalue weighted by Gasteiger charge is -2.37. The quantitative estimate of drug-likeness (QED) is 0.878. The number of benzene rings is 1. The smallest absolute Gasteiger partial charge is 0.0329 e. The van der Waals surface area contributed by atoms with Crippen LogP contribution < -0.4 is 5.32 Å². The summed E-state index contributed by atoms with van der Waals surface area (Å²) in [7, 11) is 2.09. The van der Waals surface area contributed by atoms with E-state index in [-0.39, 0.29) is 0 Å². The van der Waals surface area contributed by atoms with Gasteiger partial charge in [-0.25, -0.2) is 0 Å². The van der Waals surface area contributed by atoms with E-state index in [4.69, 9.17) is 0 Å². The average molecular weight is 288 g/mol. The van der Waals surface area contributed by atoms with Gasteiger partial charge in [0.2, 0.25) is 0 Å². The van der Waals surface area contributed by atoms with Crippen LogP contribution in [0.15, 0.2) is 18.2 Å². The van der Waals surface area contributed by atoms with Crippen LogP contribution in [0.2, 0.25) is 0 Å². The number of nitrogens with zero attached hydrogens (tertiary/aromatic N) is 1. The highest BCUT2D eigenvalue weighted by Gasteiger charge is 2.23.